The normalized spacial score (nSPS) is 15.6. The Balaban J connectivity index is 0.000000861. The van der Waals surface area contributed by atoms with Gasteiger partial charge in [0.2, 0.25) is 0 Å². The molecule has 5 nitrogen and oxygen atoms in total. The summed E-state index contributed by atoms with van der Waals surface area (Å²) in [4.78, 5) is 2.19. The van der Waals surface area contributed by atoms with Gasteiger partial charge in [0.05, 0.1) is 23.7 Å². The molecule has 0 N–H and O–H groups in total. The molecule has 110 valence electrons. The van der Waals surface area contributed by atoms with Crippen LogP contribution in [-0.2, 0) is 22.9 Å². The molecule has 0 spiro atoms. The van der Waals surface area contributed by atoms with Gasteiger partial charge in [-0.25, -0.2) is 8.42 Å². The molecule has 0 saturated carbocycles. The van der Waals surface area contributed by atoms with Crippen LogP contribution in [0.1, 0.15) is 30.8 Å². The average Bonchev–Trinajstić information content (AvgIpc) is 2.64. The largest absolute Gasteiger partial charge is 0.295 e. The molecule has 0 bridgehead atoms. The number of fused-ring (bicyclic) bond motifs is 1. The monoisotopic (exact) mass is 287 g/mol. The third kappa shape index (κ3) is 4.31. The quantitative estimate of drug-likeness (QED) is 0.843. The van der Waals surface area contributed by atoms with Crippen LogP contribution in [0.4, 0.5) is 0 Å². The van der Waals surface area contributed by atoms with Crippen LogP contribution >= 0.6 is 0 Å². The molecule has 0 aromatic carbocycles. The summed E-state index contributed by atoms with van der Waals surface area (Å²) in [6.45, 7) is 11.2. The van der Waals surface area contributed by atoms with Gasteiger partial charge in [0, 0.05) is 25.9 Å². The van der Waals surface area contributed by atoms with Crippen molar-refractivity contribution >= 4 is 9.84 Å². The fourth-order valence-corrected chi connectivity index (χ4v) is 2.71. The summed E-state index contributed by atoms with van der Waals surface area (Å²) >= 11 is 0. The fraction of sp³-hybridized carbons (Fsp3) is 0.769. The van der Waals surface area contributed by atoms with E-state index in [2.05, 4.69) is 16.9 Å². The second-order valence-corrected chi connectivity index (χ2v) is 7.05. The molecule has 19 heavy (non-hydrogen) atoms. The predicted octanol–water partition coefficient (Wildman–Crippen LogP) is 1.39. The van der Waals surface area contributed by atoms with Gasteiger partial charge in [-0.15, -0.1) is 0 Å². The molecule has 2 rings (SSSR count). The molecule has 0 radical (unpaired) electrons. The van der Waals surface area contributed by atoms with Crippen molar-refractivity contribution in [3.8, 4) is 0 Å². The number of hydrogen-bond donors (Lipinski definition) is 0. The summed E-state index contributed by atoms with van der Waals surface area (Å²) in [5, 5.41) is 4.47. The van der Waals surface area contributed by atoms with E-state index in [-0.39, 0.29) is 5.75 Å². The first-order valence-corrected chi connectivity index (χ1v) is 8.86. The summed E-state index contributed by atoms with van der Waals surface area (Å²) in [6.07, 6.45) is 1.29. The lowest BCUT2D eigenvalue weighted by molar-refractivity contribution is 0.224. The molecule has 0 atom stereocenters. The minimum absolute atomic E-state index is 0.235. The van der Waals surface area contributed by atoms with E-state index in [4.69, 9.17) is 0 Å². The second-order valence-electron chi connectivity index (χ2n) is 4.79. The van der Waals surface area contributed by atoms with E-state index in [0.717, 1.165) is 25.3 Å². The minimum atomic E-state index is -2.87. The van der Waals surface area contributed by atoms with Gasteiger partial charge in [0.25, 0.3) is 0 Å². The van der Waals surface area contributed by atoms with Gasteiger partial charge in [0.15, 0.2) is 0 Å². The molecule has 1 aliphatic rings. The smallest absolute Gasteiger partial charge is 0.148 e. The first-order valence-electron chi connectivity index (χ1n) is 6.80. The van der Waals surface area contributed by atoms with Crippen molar-refractivity contribution in [2.45, 2.75) is 40.8 Å². The van der Waals surface area contributed by atoms with Gasteiger partial charge < -0.3 is 0 Å². The summed E-state index contributed by atoms with van der Waals surface area (Å²) < 4.78 is 24.3. The standard InChI is InChI=1S/C11H19N3O2S.C2H6/c1-9-10(2)12-14-5-4-13(8-11(9)14)6-7-17(3,15)16;1-2/h4-8H2,1-3H3;1-2H3. The Morgan fingerprint density at radius 3 is 2.42 bits per heavy atom. The van der Waals surface area contributed by atoms with Gasteiger partial charge in [-0.2, -0.15) is 5.10 Å². The van der Waals surface area contributed by atoms with Gasteiger partial charge >= 0.3 is 0 Å². The lowest BCUT2D eigenvalue weighted by Gasteiger charge is -2.27. The molecule has 1 aliphatic heterocycles. The van der Waals surface area contributed by atoms with Crippen molar-refractivity contribution in [3.05, 3.63) is 17.0 Å². The Labute approximate surface area is 116 Å². The van der Waals surface area contributed by atoms with Crippen LogP contribution in [0.2, 0.25) is 0 Å². The Bertz CT molecular complexity index is 520. The number of nitrogens with zero attached hydrogens (tertiary/aromatic N) is 3. The lowest BCUT2D eigenvalue weighted by Crippen LogP contribution is -2.37. The van der Waals surface area contributed by atoms with E-state index in [1.54, 1.807) is 0 Å². The third-order valence-corrected chi connectivity index (χ3v) is 4.26. The zero-order chi connectivity index (χ0) is 14.6. The van der Waals surface area contributed by atoms with E-state index in [1.807, 2.05) is 25.5 Å². The number of rotatable bonds is 3. The van der Waals surface area contributed by atoms with Gasteiger partial charge in [-0.3, -0.25) is 9.58 Å². The minimum Gasteiger partial charge on any atom is -0.295 e. The van der Waals surface area contributed by atoms with Crippen LogP contribution in [0.3, 0.4) is 0 Å². The zero-order valence-electron chi connectivity index (χ0n) is 12.6. The van der Waals surface area contributed by atoms with Crippen LogP contribution in [0.25, 0.3) is 0 Å². The summed E-state index contributed by atoms with van der Waals surface area (Å²) in [7, 11) is -2.87. The summed E-state index contributed by atoms with van der Waals surface area (Å²) in [5.74, 6) is 0.235. The first kappa shape index (κ1) is 16.2. The van der Waals surface area contributed by atoms with Crippen molar-refractivity contribution in [2.75, 3.05) is 25.1 Å². The van der Waals surface area contributed by atoms with E-state index in [0.29, 0.717) is 6.54 Å². The molecular formula is C13H25N3O2S. The van der Waals surface area contributed by atoms with E-state index >= 15 is 0 Å². The Morgan fingerprint density at radius 2 is 1.84 bits per heavy atom. The van der Waals surface area contributed by atoms with Crippen molar-refractivity contribution in [1.29, 1.82) is 0 Å². The number of aryl methyl sites for hydroxylation is 1. The molecule has 1 aromatic rings. The fourth-order valence-electron chi connectivity index (χ4n) is 2.12. The predicted molar refractivity (Wildman–Crippen MR) is 78.0 cm³/mol. The molecule has 0 unspecified atom stereocenters. The zero-order valence-corrected chi connectivity index (χ0v) is 13.4. The summed E-state index contributed by atoms with van der Waals surface area (Å²) in [6, 6.07) is 0. The van der Waals surface area contributed by atoms with Crippen LogP contribution in [0.5, 0.6) is 0 Å². The maximum atomic E-state index is 11.1. The molecule has 0 aliphatic carbocycles. The van der Waals surface area contributed by atoms with E-state index in [1.165, 1.54) is 17.5 Å². The maximum Gasteiger partial charge on any atom is 0.148 e. The molecule has 6 heteroatoms. The average molecular weight is 287 g/mol. The highest BCUT2D eigenvalue weighted by Crippen LogP contribution is 2.18. The van der Waals surface area contributed by atoms with E-state index in [9.17, 15) is 8.42 Å². The van der Waals surface area contributed by atoms with Gasteiger partial charge in [-0.1, -0.05) is 13.8 Å². The Morgan fingerprint density at radius 1 is 1.21 bits per heavy atom. The molecule has 0 amide bonds. The highest BCUT2D eigenvalue weighted by atomic mass is 32.2. The van der Waals surface area contributed by atoms with Crippen LogP contribution in [-0.4, -0.2) is 48.2 Å². The summed E-state index contributed by atoms with van der Waals surface area (Å²) in [5.41, 5.74) is 3.53. The van der Waals surface area contributed by atoms with Crippen LogP contribution in [0, 0.1) is 13.8 Å². The van der Waals surface area contributed by atoms with Crippen molar-refractivity contribution in [3.63, 3.8) is 0 Å². The Kier molecular flexibility index (Phi) is 5.55. The molecule has 0 fully saturated rings. The molecular weight excluding hydrogens is 262 g/mol. The third-order valence-electron chi connectivity index (χ3n) is 3.34. The highest BCUT2D eigenvalue weighted by molar-refractivity contribution is 7.90. The Hall–Kier alpha value is -0.880. The highest BCUT2D eigenvalue weighted by Gasteiger charge is 2.21. The number of aromatic nitrogens is 2. The first-order chi connectivity index (χ1) is 8.87. The molecule has 1 aromatic heterocycles. The molecule has 2 heterocycles. The number of sulfone groups is 1. The van der Waals surface area contributed by atoms with Crippen LogP contribution in [0.15, 0.2) is 0 Å². The topological polar surface area (TPSA) is 55.2 Å². The van der Waals surface area contributed by atoms with Crippen molar-refractivity contribution in [2.24, 2.45) is 0 Å². The van der Waals surface area contributed by atoms with Gasteiger partial charge in [-0.05, 0) is 19.4 Å². The number of hydrogen-bond acceptors (Lipinski definition) is 4. The lowest BCUT2D eigenvalue weighted by atomic mass is 10.2. The van der Waals surface area contributed by atoms with Crippen molar-refractivity contribution < 1.29 is 8.42 Å². The van der Waals surface area contributed by atoms with Crippen LogP contribution < -0.4 is 0 Å². The maximum absolute atomic E-state index is 11.1. The van der Waals surface area contributed by atoms with E-state index < -0.39 is 9.84 Å². The SMILES string of the molecule is CC.Cc1nn2c(c1C)CN(CCS(C)(=O)=O)CC2. The molecule has 0 saturated heterocycles. The van der Waals surface area contributed by atoms with Gasteiger partial charge in [0.1, 0.15) is 9.84 Å². The second kappa shape index (κ2) is 6.52. The van der Waals surface area contributed by atoms with Crippen molar-refractivity contribution in [1.82, 2.24) is 14.7 Å².